The summed E-state index contributed by atoms with van der Waals surface area (Å²) in [5.41, 5.74) is 0. The Bertz CT molecular complexity index is 483. The Morgan fingerprint density at radius 3 is 2.55 bits per heavy atom. The Balaban J connectivity index is 1.81. The van der Waals surface area contributed by atoms with Crippen molar-refractivity contribution in [2.75, 3.05) is 19.8 Å². The van der Waals surface area contributed by atoms with Crippen LogP contribution in [-0.2, 0) is 19.0 Å². The minimum Gasteiger partial charge on any atom is -0.395 e. The van der Waals surface area contributed by atoms with Gasteiger partial charge in [-0.2, -0.15) is 0 Å². The quantitative estimate of drug-likeness (QED) is 0.573. The van der Waals surface area contributed by atoms with Gasteiger partial charge in [-0.3, -0.25) is 15.0 Å². The fraction of sp³-hybridized carbons (Fsp3) is 0.846. The lowest BCUT2D eigenvalue weighted by molar-refractivity contribution is -0.206. The molecule has 0 aliphatic carbocycles. The van der Waals surface area contributed by atoms with Crippen molar-refractivity contribution >= 4 is 11.9 Å². The van der Waals surface area contributed by atoms with Crippen molar-refractivity contribution in [3.8, 4) is 0 Å². The Kier molecular flexibility index (Phi) is 3.86. The molecule has 3 aliphatic heterocycles. The molecule has 3 aliphatic rings. The summed E-state index contributed by atoms with van der Waals surface area (Å²) in [5.74, 6) is -2.08. The number of carbonyl (C=O) groups excluding carboxylic acids is 2. The molecule has 9 heteroatoms. The number of rotatable bonds is 3. The lowest BCUT2D eigenvalue weighted by Gasteiger charge is -2.37. The number of nitrogens with zero attached hydrogens (tertiary/aromatic N) is 1. The monoisotopic (exact) mass is 316 g/mol. The number of hydrogen-bond acceptors (Lipinski definition) is 7. The average molecular weight is 316 g/mol. The van der Waals surface area contributed by atoms with Crippen molar-refractivity contribution in [1.29, 1.82) is 0 Å². The Morgan fingerprint density at radius 2 is 1.91 bits per heavy atom. The van der Waals surface area contributed by atoms with Crippen LogP contribution in [0, 0.1) is 5.92 Å². The van der Waals surface area contributed by atoms with E-state index in [-0.39, 0.29) is 19.8 Å². The van der Waals surface area contributed by atoms with Gasteiger partial charge in [0.05, 0.1) is 19.1 Å². The van der Waals surface area contributed by atoms with Crippen LogP contribution < -0.4 is 5.32 Å². The van der Waals surface area contributed by atoms with E-state index in [2.05, 4.69) is 5.32 Å². The van der Waals surface area contributed by atoms with Crippen LogP contribution in [0.2, 0.25) is 0 Å². The van der Waals surface area contributed by atoms with Crippen molar-refractivity contribution in [1.82, 2.24) is 10.2 Å². The van der Waals surface area contributed by atoms with Gasteiger partial charge in [-0.25, -0.2) is 4.79 Å². The maximum atomic E-state index is 12.1. The maximum Gasteiger partial charge on any atom is 0.326 e. The number of hydrogen-bond donors (Lipinski definition) is 3. The molecule has 3 N–H and O–H groups in total. The van der Waals surface area contributed by atoms with Gasteiger partial charge in [0.15, 0.2) is 12.0 Å². The van der Waals surface area contributed by atoms with Crippen LogP contribution >= 0.6 is 0 Å². The molecule has 1 unspecified atom stereocenters. The maximum absolute atomic E-state index is 12.1. The largest absolute Gasteiger partial charge is 0.395 e. The average Bonchev–Trinajstić information content (AvgIpc) is 2.92. The first kappa shape index (κ1) is 15.6. The van der Waals surface area contributed by atoms with Gasteiger partial charge >= 0.3 is 6.03 Å². The van der Waals surface area contributed by atoms with Crippen LogP contribution in [0.15, 0.2) is 0 Å². The summed E-state index contributed by atoms with van der Waals surface area (Å²) in [7, 11) is 0. The van der Waals surface area contributed by atoms with Gasteiger partial charge in [-0.1, -0.05) is 0 Å². The molecule has 0 spiro atoms. The molecule has 0 aromatic carbocycles. The van der Waals surface area contributed by atoms with Crippen LogP contribution in [0.4, 0.5) is 4.79 Å². The summed E-state index contributed by atoms with van der Waals surface area (Å²) in [4.78, 5) is 25.0. The Hall–Kier alpha value is -1.26. The zero-order valence-corrected chi connectivity index (χ0v) is 12.4. The molecule has 0 aromatic heterocycles. The minimum absolute atomic E-state index is 0.0248. The van der Waals surface area contributed by atoms with Gasteiger partial charge in [0.25, 0.3) is 0 Å². The van der Waals surface area contributed by atoms with E-state index in [0.717, 1.165) is 0 Å². The Morgan fingerprint density at radius 1 is 1.23 bits per heavy atom. The highest BCUT2D eigenvalue weighted by molar-refractivity contribution is 5.98. The smallest absolute Gasteiger partial charge is 0.326 e. The normalized spacial score (nSPS) is 40.7. The molecule has 3 fully saturated rings. The van der Waals surface area contributed by atoms with Gasteiger partial charge in [-0.15, -0.1) is 0 Å². The molecule has 0 bridgehead atoms. The van der Waals surface area contributed by atoms with Gasteiger partial charge in [0.2, 0.25) is 5.91 Å². The van der Waals surface area contributed by atoms with Gasteiger partial charge < -0.3 is 24.4 Å². The summed E-state index contributed by atoms with van der Waals surface area (Å²) >= 11 is 0. The van der Waals surface area contributed by atoms with E-state index >= 15 is 0 Å². The second-order valence-electron chi connectivity index (χ2n) is 6.14. The molecule has 5 atom stereocenters. The molecule has 22 heavy (non-hydrogen) atoms. The number of nitrogens with one attached hydrogen (secondary N) is 1. The van der Waals surface area contributed by atoms with Crippen LogP contribution in [0.25, 0.3) is 0 Å². The van der Waals surface area contributed by atoms with Gasteiger partial charge in [0, 0.05) is 6.54 Å². The minimum atomic E-state index is -0.844. The van der Waals surface area contributed by atoms with Crippen LogP contribution in [-0.4, -0.2) is 77.1 Å². The molecule has 124 valence electrons. The predicted molar refractivity (Wildman–Crippen MR) is 70.4 cm³/mol. The molecule has 0 radical (unpaired) electrons. The van der Waals surface area contributed by atoms with Crippen molar-refractivity contribution in [3.05, 3.63) is 0 Å². The first-order valence-electron chi connectivity index (χ1n) is 7.20. The Labute approximate surface area is 127 Å². The number of aliphatic hydroxyl groups excluding tert-OH is 2. The molecular formula is C13H20N2O7. The van der Waals surface area contributed by atoms with Crippen LogP contribution in [0.3, 0.4) is 0 Å². The van der Waals surface area contributed by atoms with E-state index in [1.54, 1.807) is 13.8 Å². The molecule has 0 saturated carbocycles. The summed E-state index contributed by atoms with van der Waals surface area (Å²) in [6.45, 7) is 2.87. The zero-order chi connectivity index (χ0) is 16.1. The zero-order valence-electron chi connectivity index (χ0n) is 12.4. The fourth-order valence-corrected chi connectivity index (χ4v) is 3.10. The molecule has 3 rings (SSSR count). The van der Waals surface area contributed by atoms with E-state index in [1.807, 2.05) is 0 Å². The molecule has 0 aromatic rings. The number of urea groups is 1. The first-order chi connectivity index (χ1) is 10.4. The number of ether oxygens (including phenoxy) is 3. The van der Waals surface area contributed by atoms with E-state index in [1.165, 1.54) is 4.90 Å². The first-order valence-corrected chi connectivity index (χ1v) is 7.20. The fourth-order valence-electron chi connectivity index (χ4n) is 3.10. The van der Waals surface area contributed by atoms with Gasteiger partial charge in [0.1, 0.15) is 18.3 Å². The summed E-state index contributed by atoms with van der Waals surface area (Å²) in [6, 6.07) is -0.606. The molecular weight excluding hydrogens is 296 g/mol. The highest BCUT2D eigenvalue weighted by Crippen LogP contribution is 2.40. The third-order valence-electron chi connectivity index (χ3n) is 4.11. The number of amides is 3. The second-order valence-corrected chi connectivity index (χ2v) is 6.14. The number of imide groups is 1. The van der Waals surface area contributed by atoms with E-state index in [9.17, 15) is 19.8 Å². The summed E-state index contributed by atoms with van der Waals surface area (Å²) < 4.78 is 17.2. The van der Waals surface area contributed by atoms with Crippen LogP contribution in [0.1, 0.15) is 13.8 Å². The highest BCUT2D eigenvalue weighted by Gasteiger charge is 2.58. The molecule has 3 saturated heterocycles. The second kappa shape index (κ2) is 5.43. The lowest BCUT2D eigenvalue weighted by Crippen LogP contribution is -2.60. The van der Waals surface area contributed by atoms with Crippen LogP contribution in [0.5, 0.6) is 0 Å². The van der Waals surface area contributed by atoms with Crippen molar-refractivity contribution in [2.24, 2.45) is 5.92 Å². The standard InChI is InChI=1S/C13H20N2O7/c1-13(2)21-8-7(5-17)20-11(9(8)22-13)15-3-6(4-16)10(18)14-12(15)19/h6-9,11,16-17H,3-5H2,1-2H3,(H,14,18,19)/t6?,7-,8-,9-,11-/m1/s1. The van der Waals surface area contributed by atoms with Crippen molar-refractivity contribution < 1.29 is 34.0 Å². The SMILES string of the molecule is CC1(C)O[C@@H]2[C@H](O1)[C@@H](CO)O[C@H]2N1CC(CO)C(=O)NC1=O. The molecule has 3 heterocycles. The van der Waals surface area contributed by atoms with E-state index < -0.39 is 48.2 Å². The lowest BCUT2D eigenvalue weighted by atomic mass is 10.1. The highest BCUT2D eigenvalue weighted by atomic mass is 16.8. The third kappa shape index (κ3) is 2.48. The van der Waals surface area contributed by atoms with E-state index in [0.29, 0.717) is 0 Å². The molecule has 3 amide bonds. The number of aliphatic hydroxyl groups is 2. The number of carbonyl (C=O) groups is 2. The van der Waals surface area contributed by atoms with Crippen molar-refractivity contribution in [2.45, 2.75) is 44.2 Å². The summed E-state index contributed by atoms with van der Waals surface area (Å²) in [6.07, 6.45) is -2.46. The third-order valence-corrected chi connectivity index (χ3v) is 4.11. The van der Waals surface area contributed by atoms with Gasteiger partial charge in [-0.05, 0) is 13.8 Å². The van der Waals surface area contributed by atoms with Crippen molar-refractivity contribution in [3.63, 3.8) is 0 Å². The number of fused-ring (bicyclic) bond motifs is 1. The molecule has 9 nitrogen and oxygen atoms in total. The topological polar surface area (TPSA) is 118 Å². The van der Waals surface area contributed by atoms with E-state index in [4.69, 9.17) is 14.2 Å². The summed E-state index contributed by atoms with van der Waals surface area (Å²) in [5, 5.41) is 20.9. The predicted octanol–water partition coefficient (Wildman–Crippen LogP) is -1.62.